The SMILES string of the molecule is CC(=O)CCc1ccccc1.CC(=O)F. The Morgan fingerprint density at radius 3 is 2.00 bits per heavy atom. The minimum absolute atomic E-state index is 0.258. The Bertz CT molecular complexity index is 303. The third-order valence-corrected chi connectivity index (χ3v) is 1.61. The molecule has 1 aromatic rings. The normalized spacial score (nSPS) is 8.73. The second-order valence-electron chi connectivity index (χ2n) is 3.16. The monoisotopic (exact) mass is 210 g/mol. The Morgan fingerprint density at radius 1 is 1.13 bits per heavy atom. The van der Waals surface area contributed by atoms with Crippen LogP contribution in [-0.2, 0) is 16.0 Å². The summed E-state index contributed by atoms with van der Waals surface area (Å²) in [6.07, 6.45) is 1.53. The average Bonchev–Trinajstić information content (AvgIpc) is 2.15. The highest BCUT2D eigenvalue weighted by Gasteiger charge is 1.94. The summed E-state index contributed by atoms with van der Waals surface area (Å²) in [5.74, 6) is 0.258. The summed E-state index contributed by atoms with van der Waals surface area (Å²) in [5.41, 5.74) is 1.24. The number of halogens is 1. The zero-order valence-electron chi connectivity index (χ0n) is 9.00. The molecule has 1 aromatic carbocycles. The van der Waals surface area contributed by atoms with Crippen LogP contribution in [0.5, 0.6) is 0 Å². The van der Waals surface area contributed by atoms with Gasteiger partial charge in [-0.1, -0.05) is 30.3 Å². The number of rotatable bonds is 3. The first-order valence-corrected chi connectivity index (χ1v) is 4.72. The molecule has 0 N–H and O–H groups in total. The van der Waals surface area contributed by atoms with Crippen molar-refractivity contribution in [3.05, 3.63) is 35.9 Å². The predicted molar refractivity (Wildman–Crippen MR) is 57.2 cm³/mol. The molecule has 0 spiro atoms. The second kappa shape index (κ2) is 7.85. The van der Waals surface area contributed by atoms with Gasteiger partial charge in [0, 0.05) is 13.3 Å². The van der Waals surface area contributed by atoms with E-state index >= 15 is 0 Å². The highest BCUT2D eigenvalue weighted by Crippen LogP contribution is 2.01. The first-order valence-electron chi connectivity index (χ1n) is 4.72. The van der Waals surface area contributed by atoms with E-state index in [4.69, 9.17) is 4.79 Å². The van der Waals surface area contributed by atoms with E-state index in [0.717, 1.165) is 13.3 Å². The predicted octanol–water partition coefficient (Wildman–Crippen LogP) is 2.71. The molecular weight excluding hydrogens is 195 g/mol. The van der Waals surface area contributed by atoms with Gasteiger partial charge in [0.2, 0.25) is 0 Å². The average molecular weight is 210 g/mol. The lowest BCUT2D eigenvalue weighted by atomic mass is 10.1. The Hall–Kier alpha value is -1.51. The van der Waals surface area contributed by atoms with Crippen LogP contribution in [0.4, 0.5) is 4.39 Å². The molecule has 0 aliphatic carbocycles. The van der Waals surface area contributed by atoms with Gasteiger partial charge in [-0.3, -0.25) is 4.79 Å². The highest BCUT2D eigenvalue weighted by atomic mass is 19.1. The van der Waals surface area contributed by atoms with Crippen molar-refractivity contribution in [1.82, 2.24) is 0 Å². The molecule has 0 bridgehead atoms. The van der Waals surface area contributed by atoms with Gasteiger partial charge < -0.3 is 4.79 Å². The van der Waals surface area contributed by atoms with Gasteiger partial charge in [0.1, 0.15) is 5.78 Å². The Kier molecular flexibility index (Phi) is 7.06. The molecule has 0 heterocycles. The van der Waals surface area contributed by atoms with Gasteiger partial charge in [-0.2, -0.15) is 4.39 Å². The Morgan fingerprint density at radius 2 is 1.60 bits per heavy atom. The minimum atomic E-state index is -1.33. The van der Waals surface area contributed by atoms with Crippen molar-refractivity contribution in [1.29, 1.82) is 0 Å². The van der Waals surface area contributed by atoms with E-state index in [1.165, 1.54) is 5.56 Å². The number of aryl methyl sites for hydroxylation is 1. The van der Waals surface area contributed by atoms with Crippen molar-refractivity contribution in [3.63, 3.8) is 0 Å². The molecule has 0 fully saturated rings. The molecule has 0 amide bonds. The van der Waals surface area contributed by atoms with Crippen LogP contribution in [0.3, 0.4) is 0 Å². The lowest BCUT2D eigenvalue weighted by Crippen LogP contribution is -1.92. The molecule has 15 heavy (non-hydrogen) atoms. The molecule has 0 aromatic heterocycles. The first kappa shape index (κ1) is 13.5. The van der Waals surface area contributed by atoms with Crippen LogP contribution in [0.2, 0.25) is 0 Å². The lowest BCUT2D eigenvalue weighted by Gasteiger charge is -1.96. The molecule has 0 radical (unpaired) electrons. The van der Waals surface area contributed by atoms with Crippen molar-refractivity contribution in [3.8, 4) is 0 Å². The standard InChI is InChI=1S/C10H12O.C2H3FO/c1-9(11)7-8-10-5-3-2-4-6-10;1-2(3)4/h2-6H,7-8H2,1H3;1H3. The number of carbonyl (C=O) groups is 2. The third kappa shape index (κ3) is 10.4. The van der Waals surface area contributed by atoms with Crippen molar-refractivity contribution in [2.75, 3.05) is 0 Å². The molecule has 1 rings (SSSR count). The summed E-state index contributed by atoms with van der Waals surface area (Å²) in [4.78, 5) is 19.4. The zero-order valence-corrected chi connectivity index (χ0v) is 9.00. The smallest absolute Gasteiger partial charge is 0.298 e. The quantitative estimate of drug-likeness (QED) is 0.719. The summed E-state index contributed by atoms with van der Waals surface area (Å²) < 4.78 is 10.4. The van der Waals surface area contributed by atoms with Crippen molar-refractivity contribution in [2.45, 2.75) is 26.7 Å². The van der Waals surface area contributed by atoms with E-state index < -0.39 is 6.04 Å². The van der Waals surface area contributed by atoms with Gasteiger partial charge in [-0.15, -0.1) is 0 Å². The van der Waals surface area contributed by atoms with Crippen LogP contribution in [-0.4, -0.2) is 11.8 Å². The second-order valence-corrected chi connectivity index (χ2v) is 3.16. The largest absolute Gasteiger partial charge is 0.300 e. The van der Waals surface area contributed by atoms with Gasteiger partial charge in [0.25, 0.3) is 6.04 Å². The molecule has 82 valence electrons. The number of Topliss-reactive ketones (excluding diaryl/α,β-unsaturated/α-hetero) is 1. The highest BCUT2D eigenvalue weighted by molar-refractivity contribution is 5.75. The number of carbonyl (C=O) groups excluding carboxylic acids is 2. The van der Waals surface area contributed by atoms with Crippen molar-refractivity contribution in [2.24, 2.45) is 0 Å². The molecule has 2 nitrogen and oxygen atoms in total. The van der Waals surface area contributed by atoms with Gasteiger partial charge in [-0.05, 0) is 18.9 Å². The maximum absolute atomic E-state index is 10.6. The van der Waals surface area contributed by atoms with Gasteiger partial charge >= 0.3 is 0 Å². The van der Waals surface area contributed by atoms with Gasteiger partial charge in [0.15, 0.2) is 0 Å². The van der Waals surface area contributed by atoms with Crippen LogP contribution in [0.1, 0.15) is 25.8 Å². The van der Waals surface area contributed by atoms with Gasteiger partial charge in [0.05, 0.1) is 0 Å². The van der Waals surface area contributed by atoms with E-state index in [-0.39, 0.29) is 5.78 Å². The van der Waals surface area contributed by atoms with Crippen LogP contribution in [0, 0.1) is 0 Å². The van der Waals surface area contributed by atoms with Crippen LogP contribution in [0.25, 0.3) is 0 Å². The van der Waals surface area contributed by atoms with Crippen LogP contribution in [0.15, 0.2) is 30.3 Å². The van der Waals surface area contributed by atoms with E-state index in [0.29, 0.717) is 6.42 Å². The third-order valence-electron chi connectivity index (χ3n) is 1.61. The fourth-order valence-electron chi connectivity index (χ4n) is 0.965. The molecule has 0 saturated carbocycles. The molecule has 0 aliphatic heterocycles. The van der Waals surface area contributed by atoms with Crippen molar-refractivity contribution >= 4 is 11.8 Å². The fraction of sp³-hybridized carbons (Fsp3) is 0.333. The van der Waals surface area contributed by atoms with E-state index in [2.05, 4.69) is 0 Å². The van der Waals surface area contributed by atoms with Crippen LogP contribution >= 0.6 is 0 Å². The summed E-state index contributed by atoms with van der Waals surface area (Å²) in [6.45, 7) is 2.49. The summed E-state index contributed by atoms with van der Waals surface area (Å²) in [5, 5.41) is 0. The van der Waals surface area contributed by atoms with Crippen LogP contribution < -0.4 is 0 Å². The molecule has 0 atom stereocenters. The number of benzene rings is 1. The number of hydrogen-bond acceptors (Lipinski definition) is 2. The lowest BCUT2D eigenvalue weighted by molar-refractivity contribution is -0.126. The molecule has 0 unspecified atom stereocenters. The molecular formula is C12H15FO2. The summed E-state index contributed by atoms with van der Waals surface area (Å²) >= 11 is 0. The zero-order chi connectivity index (χ0) is 11.7. The van der Waals surface area contributed by atoms with E-state index in [1.807, 2.05) is 30.3 Å². The molecule has 0 aliphatic rings. The maximum Gasteiger partial charge on any atom is 0.298 e. The fourth-order valence-corrected chi connectivity index (χ4v) is 0.965. The Balaban J connectivity index is 0.000000423. The molecule has 0 saturated heterocycles. The topological polar surface area (TPSA) is 34.1 Å². The summed E-state index contributed by atoms with van der Waals surface area (Å²) in [6, 6.07) is 8.73. The number of ketones is 1. The Labute approximate surface area is 89.1 Å². The summed E-state index contributed by atoms with van der Waals surface area (Å²) in [7, 11) is 0. The first-order chi connectivity index (χ1) is 7.02. The number of hydrogen-bond donors (Lipinski definition) is 0. The van der Waals surface area contributed by atoms with E-state index in [1.54, 1.807) is 6.92 Å². The maximum atomic E-state index is 10.6. The molecule has 3 heteroatoms. The van der Waals surface area contributed by atoms with Gasteiger partial charge in [-0.25, -0.2) is 0 Å². The van der Waals surface area contributed by atoms with Crippen molar-refractivity contribution < 1.29 is 14.0 Å². The minimum Gasteiger partial charge on any atom is -0.300 e. The van der Waals surface area contributed by atoms with E-state index in [9.17, 15) is 9.18 Å².